The van der Waals surface area contributed by atoms with E-state index < -0.39 is 6.10 Å². The Kier molecular flexibility index (Phi) is 11.6. The second-order valence-corrected chi connectivity index (χ2v) is 5.93. The van der Waals surface area contributed by atoms with Crippen molar-refractivity contribution in [2.24, 2.45) is 5.92 Å². The van der Waals surface area contributed by atoms with Crippen molar-refractivity contribution in [3.05, 3.63) is 0 Å². The fraction of sp³-hybridized carbons (Fsp3) is 1.00. The monoisotopic (exact) mass is 275 g/mol. The second kappa shape index (κ2) is 11.6. The Morgan fingerprint density at radius 3 is 2.26 bits per heavy atom. The predicted molar refractivity (Wildman–Crippen MR) is 79.5 cm³/mol. The van der Waals surface area contributed by atoms with Gasteiger partial charge >= 0.3 is 0 Å². The van der Waals surface area contributed by atoms with Crippen LogP contribution in [0.2, 0.25) is 0 Å². The molecular weight excluding hydrogens is 242 g/mol. The zero-order valence-electron chi connectivity index (χ0n) is 13.3. The Bertz CT molecular complexity index is 198. The highest BCUT2D eigenvalue weighted by atomic mass is 16.5. The summed E-state index contributed by atoms with van der Waals surface area (Å²) >= 11 is 0. The molecule has 0 aromatic rings. The lowest BCUT2D eigenvalue weighted by atomic mass is 10.0. The Labute approximate surface area is 118 Å². The Morgan fingerprint density at radius 1 is 1.00 bits per heavy atom. The van der Waals surface area contributed by atoms with Crippen LogP contribution in [0.4, 0.5) is 0 Å². The molecule has 2 unspecified atom stereocenters. The van der Waals surface area contributed by atoms with E-state index in [9.17, 15) is 5.11 Å². The molecule has 0 spiro atoms. The van der Waals surface area contributed by atoms with Crippen LogP contribution < -0.4 is 5.32 Å². The highest BCUT2D eigenvalue weighted by Crippen LogP contribution is 2.06. The largest absolute Gasteiger partial charge is 0.389 e. The van der Waals surface area contributed by atoms with Crippen LogP contribution in [0, 0.1) is 5.92 Å². The SMILES string of the molecule is CC(C)CCC(C)NCC(O)COCCOC(C)C. The van der Waals surface area contributed by atoms with E-state index in [4.69, 9.17) is 9.47 Å². The first-order chi connectivity index (χ1) is 8.91. The summed E-state index contributed by atoms with van der Waals surface area (Å²) in [6.45, 7) is 12.7. The normalized spacial score (nSPS) is 15.2. The van der Waals surface area contributed by atoms with Gasteiger partial charge < -0.3 is 19.9 Å². The van der Waals surface area contributed by atoms with E-state index >= 15 is 0 Å². The third-order valence-corrected chi connectivity index (χ3v) is 2.87. The van der Waals surface area contributed by atoms with Gasteiger partial charge in [-0.15, -0.1) is 0 Å². The number of aliphatic hydroxyl groups is 1. The van der Waals surface area contributed by atoms with E-state index in [1.54, 1.807) is 0 Å². The van der Waals surface area contributed by atoms with Gasteiger partial charge in [0.25, 0.3) is 0 Å². The number of hydrogen-bond acceptors (Lipinski definition) is 4. The zero-order valence-corrected chi connectivity index (χ0v) is 13.3. The molecule has 0 heterocycles. The number of hydrogen-bond donors (Lipinski definition) is 2. The third-order valence-electron chi connectivity index (χ3n) is 2.87. The molecule has 0 aliphatic heterocycles. The van der Waals surface area contributed by atoms with Crippen LogP contribution >= 0.6 is 0 Å². The van der Waals surface area contributed by atoms with E-state index in [0.717, 1.165) is 12.3 Å². The first-order valence-electron chi connectivity index (χ1n) is 7.52. The summed E-state index contributed by atoms with van der Waals surface area (Å²) in [4.78, 5) is 0. The van der Waals surface area contributed by atoms with Gasteiger partial charge in [-0.3, -0.25) is 0 Å². The molecule has 0 fully saturated rings. The van der Waals surface area contributed by atoms with Crippen molar-refractivity contribution in [3.63, 3.8) is 0 Å². The van der Waals surface area contributed by atoms with E-state index in [1.807, 2.05) is 13.8 Å². The molecule has 0 bridgehead atoms. The van der Waals surface area contributed by atoms with Crippen molar-refractivity contribution in [2.75, 3.05) is 26.4 Å². The van der Waals surface area contributed by atoms with Crippen LogP contribution in [-0.2, 0) is 9.47 Å². The molecule has 0 saturated heterocycles. The molecular formula is C15H33NO3. The Balaban J connectivity index is 3.40. The lowest BCUT2D eigenvalue weighted by molar-refractivity contribution is -0.0104. The summed E-state index contributed by atoms with van der Waals surface area (Å²) < 4.78 is 10.7. The highest BCUT2D eigenvalue weighted by molar-refractivity contribution is 4.65. The predicted octanol–water partition coefficient (Wildman–Crippen LogP) is 2.20. The maximum atomic E-state index is 9.76. The molecule has 116 valence electrons. The summed E-state index contributed by atoms with van der Waals surface area (Å²) in [5.41, 5.74) is 0. The van der Waals surface area contributed by atoms with Gasteiger partial charge in [0.05, 0.1) is 32.0 Å². The molecule has 4 heteroatoms. The topological polar surface area (TPSA) is 50.7 Å². The first kappa shape index (κ1) is 18.8. The fourth-order valence-corrected chi connectivity index (χ4v) is 1.64. The number of rotatable bonds is 12. The van der Waals surface area contributed by atoms with E-state index in [1.165, 1.54) is 6.42 Å². The lowest BCUT2D eigenvalue weighted by Gasteiger charge is -2.18. The molecule has 0 aliphatic carbocycles. The van der Waals surface area contributed by atoms with Crippen LogP contribution in [0.5, 0.6) is 0 Å². The van der Waals surface area contributed by atoms with Gasteiger partial charge in [0.1, 0.15) is 0 Å². The zero-order chi connectivity index (χ0) is 14.7. The maximum Gasteiger partial charge on any atom is 0.0897 e. The van der Waals surface area contributed by atoms with Crippen LogP contribution in [0.25, 0.3) is 0 Å². The van der Waals surface area contributed by atoms with Gasteiger partial charge in [-0.1, -0.05) is 13.8 Å². The number of ether oxygens (including phenoxy) is 2. The van der Waals surface area contributed by atoms with Crippen LogP contribution in [0.15, 0.2) is 0 Å². The fourth-order valence-electron chi connectivity index (χ4n) is 1.64. The maximum absolute atomic E-state index is 9.76. The molecule has 0 aromatic carbocycles. The van der Waals surface area contributed by atoms with Crippen molar-refractivity contribution in [3.8, 4) is 0 Å². The molecule has 4 nitrogen and oxygen atoms in total. The smallest absolute Gasteiger partial charge is 0.0897 e. The molecule has 0 amide bonds. The molecule has 0 rings (SSSR count). The minimum absolute atomic E-state index is 0.233. The third kappa shape index (κ3) is 14.1. The van der Waals surface area contributed by atoms with E-state index in [-0.39, 0.29) is 6.10 Å². The van der Waals surface area contributed by atoms with Crippen LogP contribution in [0.1, 0.15) is 47.5 Å². The van der Waals surface area contributed by atoms with Gasteiger partial charge in [0.2, 0.25) is 0 Å². The van der Waals surface area contributed by atoms with Crippen LogP contribution in [0.3, 0.4) is 0 Å². The van der Waals surface area contributed by atoms with Gasteiger partial charge in [0.15, 0.2) is 0 Å². The van der Waals surface area contributed by atoms with Crippen molar-refractivity contribution in [1.29, 1.82) is 0 Å². The highest BCUT2D eigenvalue weighted by Gasteiger charge is 2.08. The summed E-state index contributed by atoms with van der Waals surface area (Å²) in [5.74, 6) is 0.735. The average Bonchev–Trinajstić information content (AvgIpc) is 2.33. The Hall–Kier alpha value is -0.160. The molecule has 2 atom stereocenters. The minimum atomic E-state index is -0.444. The molecule has 2 N–H and O–H groups in total. The van der Waals surface area contributed by atoms with Crippen molar-refractivity contribution in [2.45, 2.75) is 65.7 Å². The van der Waals surface area contributed by atoms with Crippen LogP contribution in [-0.4, -0.2) is 49.7 Å². The Morgan fingerprint density at radius 2 is 1.68 bits per heavy atom. The summed E-state index contributed by atoms with van der Waals surface area (Å²) in [5, 5.41) is 13.1. The number of aliphatic hydroxyl groups excluding tert-OH is 1. The lowest BCUT2D eigenvalue weighted by Crippen LogP contribution is -2.36. The summed E-state index contributed by atoms with van der Waals surface area (Å²) in [6, 6.07) is 0.446. The van der Waals surface area contributed by atoms with E-state index in [2.05, 4.69) is 26.1 Å². The first-order valence-corrected chi connectivity index (χ1v) is 7.52. The molecule has 0 radical (unpaired) electrons. The van der Waals surface area contributed by atoms with Crippen molar-refractivity contribution < 1.29 is 14.6 Å². The quantitative estimate of drug-likeness (QED) is 0.536. The second-order valence-electron chi connectivity index (χ2n) is 5.93. The summed E-state index contributed by atoms with van der Waals surface area (Å²) in [7, 11) is 0. The molecule has 19 heavy (non-hydrogen) atoms. The van der Waals surface area contributed by atoms with Gasteiger partial charge in [-0.25, -0.2) is 0 Å². The minimum Gasteiger partial charge on any atom is -0.389 e. The average molecular weight is 275 g/mol. The van der Waals surface area contributed by atoms with Crippen molar-refractivity contribution in [1.82, 2.24) is 5.32 Å². The summed E-state index contributed by atoms with van der Waals surface area (Å²) in [6.07, 6.45) is 2.15. The standard InChI is InChI=1S/C15H33NO3/c1-12(2)6-7-14(5)16-10-15(17)11-18-8-9-19-13(3)4/h12-17H,6-11H2,1-5H3. The van der Waals surface area contributed by atoms with Gasteiger partial charge in [0, 0.05) is 12.6 Å². The number of nitrogens with one attached hydrogen (secondary N) is 1. The van der Waals surface area contributed by atoms with E-state index in [0.29, 0.717) is 32.4 Å². The van der Waals surface area contributed by atoms with Crippen molar-refractivity contribution >= 4 is 0 Å². The molecule has 0 saturated carbocycles. The van der Waals surface area contributed by atoms with Gasteiger partial charge in [-0.05, 0) is 39.5 Å². The van der Waals surface area contributed by atoms with Gasteiger partial charge in [-0.2, -0.15) is 0 Å². The molecule has 0 aromatic heterocycles. The molecule has 0 aliphatic rings.